The van der Waals surface area contributed by atoms with Gasteiger partial charge >= 0.3 is 0 Å². The van der Waals surface area contributed by atoms with Crippen molar-refractivity contribution in [1.82, 2.24) is 0 Å². The van der Waals surface area contributed by atoms with Crippen LogP contribution in [0.1, 0.15) is 6.42 Å². The molecule has 1 N–H and O–H groups in total. The number of thioether (sulfide) groups is 1. The van der Waals surface area contributed by atoms with Crippen LogP contribution in [0.4, 0.5) is 5.69 Å². The van der Waals surface area contributed by atoms with Gasteiger partial charge < -0.3 is 5.32 Å². The number of hydrogen-bond donors (Lipinski definition) is 1. The molecule has 0 bridgehead atoms. The van der Waals surface area contributed by atoms with E-state index in [1.807, 2.05) is 12.1 Å². The molecule has 0 aliphatic carbocycles. The molecule has 1 aliphatic heterocycles. The Morgan fingerprint density at radius 3 is 2.93 bits per heavy atom. The van der Waals surface area contributed by atoms with E-state index in [0.717, 1.165) is 29.6 Å². The Morgan fingerprint density at radius 2 is 2.20 bits per heavy atom. The van der Waals surface area contributed by atoms with Gasteiger partial charge in [0.05, 0.1) is 15.7 Å². The molecule has 1 aliphatic rings. The predicted octanol–water partition coefficient (Wildman–Crippen LogP) is 3.90. The summed E-state index contributed by atoms with van der Waals surface area (Å²) in [4.78, 5) is 4.36. The van der Waals surface area contributed by atoms with E-state index in [4.69, 9.17) is 23.2 Å². The summed E-state index contributed by atoms with van der Waals surface area (Å²) in [6.07, 6.45) is 1.14. The first-order valence-corrected chi connectivity index (χ1v) is 6.40. The first kappa shape index (κ1) is 11.1. The molecule has 5 heteroatoms. The number of amidine groups is 1. The standard InChI is InChI=1S/C10H10Cl2N2S/c11-7-3-1-4-8(9(7)12)14-10-13-5-2-6-15-10/h1,3-4H,2,5-6H2,(H,13,14). The van der Waals surface area contributed by atoms with Gasteiger partial charge in [-0.1, -0.05) is 41.0 Å². The van der Waals surface area contributed by atoms with E-state index < -0.39 is 0 Å². The zero-order valence-corrected chi connectivity index (χ0v) is 10.3. The summed E-state index contributed by atoms with van der Waals surface area (Å²) in [5, 5.41) is 5.22. The van der Waals surface area contributed by atoms with Gasteiger partial charge in [0.1, 0.15) is 0 Å². The van der Waals surface area contributed by atoms with Crippen molar-refractivity contribution in [3.05, 3.63) is 28.2 Å². The Balaban J connectivity index is 2.16. The molecule has 0 fully saturated rings. The zero-order chi connectivity index (χ0) is 10.7. The number of halogens is 2. The van der Waals surface area contributed by atoms with Crippen molar-refractivity contribution in [2.24, 2.45) is 4.99 Å². The Labute approximate surface area is 103 Å². The molecule has 0 radical (unpaired) electrons. The number of rotatable bonds is 1. The summed E-state index contributed by atoms with van der Waals surface area (Å²) in [5.41, 5.74) is 0.817. The zero-order valence-electron chi connectivity index (χ0n) is 7.96. The van der Waals surface area contributed by atoms with Crippen LogP contribution < -0.4 is 5.32 Å². The molecule has 2 nitrogen and oxygen atoms in total. The lowest BCUT2D eigenvalue weighted by atomic mass is 10.3. The third-order valence-electron chi connectivity index (χ3n) is 1.99. The molecular formula is C10H10Cl2N2S. The minimum Gasteiger partial charge on any atom is -0.334 e. The van der Waals surface area contributed by atoms with Gasteiger partial charge in [-0.3, -0.25) is 4.99 Å². The second-order valence-electron chi connectivity index (χ2n) is 3.12. The van der Waals surface area contributed by atoms with Gasteiger partial charge in [0.2, 0.25) is 0 Å². The average Bonchev–Trinajstić information content (AvgIpc) is 2.26. The van der Waals surface area contributed by atoms with E-state index in [0.29, 0.717) is 10.0 Å². The monoisotopic (exact) mass is 260 g/mol. The fraction of sp³-hybridized carbons (Fsp3) is 0.300. The second-order valence-corrected chi connectivity index (χ2v) is 4.98. The van der Waals surface area contributed by atoms with Crippen LogP contribution in [0.3, 0.4) is 0 Å². The van der Waals surface area contributed by atoms with Crippen molar-refractivity contribution in [3.63, 3.8) is 0 Å². The topological polar surface area (TPSA) is 24.4 Å². The van der Waals surface area contributed by atoms with Crippen molar-refractivity contribution < 1.29 is 0 Å². The van der Waals surface area contributed by atoms with Crippen molar-refractivity contribution in [2.45, 2.75) is 6.42 Å². The fourth-order valence-corrected chi connectivity index (χ4v) is 2.43. The first-order chi connectivity index (χ1) is 7.27. The van der Waals surface area contributed by atoms with E-state index in [-0.39, 0.29) is 0 Å². The molecule has 0 atom stereocenters. The summed E-state index contributed by atoms with van der Waals surface area (Å²) < 4.78 is 0. The van der Waals surface area contributed by atoms with Crippen molar-refractivity contribution in [3.8, 4) is 0 Å². The fourth-order valence-electron chi connectivity index (χ4n) is 1.25. The largest absolute Gasteiger partial charge is 0.334 e. The van der Waals surface area contributed by atoms with Gasteiger partial charge in [0.25, 0.3) is 0 Å². The molecule has 1 aromatic carbocycles. The molecule has 80 valence electrons. The van der Waals surface area contributed by atoms with Crippen molar-refractivity contribution in [1.29, 1.82) is 0 Å². The SMILES string of the molecule is Clc1cccc(NC2=NCCCS2)c1Cl. The highest BCUT2D eigenvalue weighted by Gasteiger charge is 2.09. The molecule has 2 rings (SSSR count). The van der Waals surface area contributed by atoms with Gasteiger partial charge in [0, 0.05) is 12.3 Å². The Hall–Kier alpha value is -0.380. The Bertz CT molecular complexity index is 393. The summed E-state index contributed by atoms with van der Waals surface area (Å²) in [7, 11) is 0. The molecule has 15 heavy (non-hydrogen) atoms. The molecular weight excluding hydrogens is 251 g/mol. The van der Waals surface area contributed by atoms with Gasteiger partial charge in [-0.05, 0) is 18.6 Å². The van der Waals surface area contributed by atoms with Crippen molar-refractivity contribution in [2.75, 3.05) is 17.6 Å². The second kappa shape index (κ2) is 5.10. The quantitative estimate of drug-likeness (QED) is 0.829. The number of nitrogens with one attached hydrogen (secondary N) is 1. The predicted molar refractivity (Wildman–Crippen MR) is 69.5 cm³/mol. The smallest absolute Gasteiger partial charge is 0.161 e. The van der Waals surface area contributed by atoms with Gasteiger partial charge in [-0.25, -0.2) is 0 Å². The summed E-state index contributed by atoms with van der Waals surface area (Å²) in [6, 6.07) is 5.53. The molecule has 0 saturated heterocycles. The molecule has 0 unspecified atom stereocenters. The normalized spacial score (nSPS) is 16.0. The lowest BCUT2D eigenvalue weighted by Crippen LogP contribution is -2.13. The average molecular weight is 261 g/mol. The number of aliphatic imine (C=N–C) groups is 1. The Morgan fingerprint density at radius 1 is 1.33 bits per heavy atom. The van der Waals surface area contributed by atoms with Crippen LogP contribution in [-0.2, 0) is 0 Å². The minimum atomic E-state index is 0.549. The first-order valence-electron chi connectivity index (χ1n) is 4.65. The third kappa shape index (κ3) is 2.80. The summed E-state index contributed by atoms with van der Waals surface area (Å²) >= 11 is 13.7. The molecule has 0 saturated carbocycles. The Kier molecular flexibility index (Phi) is 3.78. The highest BCUT2D eigenvalue weighted by atomic mass is 35.5. The maximum absolute atomic E-state index is 6.05. The van der Waals surface area contributed by atoms with E-state index in [1.165, 1.54) is 0 Å². The summed E-state index contributed by atoms with van der Waals surface area (Å²) in [5.74, 6) is 1.10. The maximum Gasteiger partial charge on any atom is 0.161 e. The van der Waals surface area contributed by atoms with Crippen LogP contribution in [-0.4, -0.2) is 17.5 Å². The van der Waals surface area contributed by atoms with Crippen LogP contribution in [0, 0.1) is 0 Å². The van der Waals surface area contributed by atoms with Crippen LogP contribution >= 0.6 is 35.0 Å². The van der Waals surface area contributed by atoms with Crippen LogP contribution in [0.5, 0.6) is 0 Å². The number of hydrogen-bond acceptors (Lipinski definition) is 3. The van der Waals surface area contributed by atoms with E-state index >= 15 is 0 Å². The lowest BCUT2D eigenvalue weighted by Gasteiger charge is -2.14. The maximum atomic E-state index is 6.05. The van der Waals surface area contributed by atoms with Crippen molar-refractivity contribution >= 4 is 45.8 Å². The highest BCUT2D eigenvalue weighted by Crippen LogP contribution is 2.30. The number of nitrogens with zero attached hydrogens (tertiary/aromatic N) is 1. The van der Waals surface area contributed by atoms with Crippen LogP contribution in [0.25, 0.3) is 0 Å². The lowest BCUT2D eigenvalue weighted by molar-refractivity contribution is 0.938. The van der Waals surface area contributed by atoms with Crippen LogP contribution in [0.15, 0.2) is 23.2 Å². The molecule has 1 aromatic rings. The number of anilines is 1. The molecule has 0 spiro atoms. The third-order valence-corrected chi connectivity index (χ3v) is 3.81. The van der Waals surface area contributed by atoms with Crippen LogP contribution in [0.2, 0.25) is 10.0 Å². The molecule has 0 amide bonds. The summed E-state index contributed by atoms with van der Waals surface area (Å²) in [6.45, 7) is 0.882. The van der Waals surface area contributed by atoms with Gasteiger partial charge in [0.15, 0.2) is 5.17 Å². The van der Waals surface area contributed by atoms with E-state index in [9.17, 15) is 0 Å². The van der Waals surface area contributed by atoms with E-state index in [1.54, 1.807) is 17.8 Å². The molecule has 0 aromatic heterocycles. The van der Waals surface area contributed by atoms with Gasteiger partial charge in [-0.2, -0.15) is 0 Å². The molecule has 1 heterocycles. The highest BCUT2D eigenvalue weighted by molar-refractivity contribution is 8.14. The van der Waals surface area contributed by atoms with E-state index in [2.05, 4.69) is 10.3 Å². The number of benzene rings is 1. The van der Waals surface area contributed by atoms with Gasteiger partial charge in [-0.15, -0.1) is 0 Å². The minimum absolute atomic E-state index is 0.549.